The fraction of sp³-hybridized carbons (Fsp3) is 0.217. The Bertz CT molecular complexity index is 1300. The fourth-order valence-corrected chi connectivity index (χ4v) is 5.26. The largest absolute Gasteiger partial charge is 0.507 e. The topological polar surface area (TPSA) is 92.6 Å². The third-order valence-corrected chi connectivity index (χ3v) is 6.83. The van der Waals surface area contributed by atoms with Crippen molar-refractivity contribution in [2.45, 2.75) is 32.4 Å². The summed E-state index contributed by atoms with van der Waals surface area (Å²) in [4.78, 5) is 27.6. The van der Waals surface area contributed by atoms with Gasteiger partial charge in [0.2, 0.25) is 5.13 Å². The van der Waals surface area contributed by atoms with Crippen LogP contribution in [0.1, 0.15) is 34.7 Å². The van der Waals surface area contributed by atoms with Crippen LogP contribution in [-0.4, -0.2) is 33.1 Å². The summed E-state index contributed by atoms with van der Waals surface area (Å²) >= 11 is 4.67. The summed E-state index contributed by atoms with van der Waals surface area (Å²) in [6, 6.07) is 11.8. The van der Waals surface area contributed by atoms with Gasteiger partial charge in [-0.3, -0.25) is 14.5 Å². The molecule has 1 fully saturated rings. The molecule has 7 nitrogen and oxygen atoms in total. The lowest BCUT2D eigenvalue weighted by Crippen LogP contribution is -2.29. The molecule has 3 heterocycles. The lowest BCUT2D eigenvalue weighted by Gasteiger charge is -2.22. The molecule has 2 aliphatic rings. The van der Waals surface area contributed by atoms with Crippen LogP contribution in [-0.2, 0) is 16.0 Å². The normalized spacial score (nSPS) is 21.7. The number of aliphatic hydroxyl groups excluding tert-OH is 1. The summed E-state index contributed by atoms with van der Waals surface area (Å²) in [5.74, 6) is -0.960. The fourth-order valence-electron chi connectivity index (χ4n) is 4.13. The number of amides is 1. The smallest absolute Gasteiger partial charge is 0.301 e. The summed E-state index contributed by atoms with van der Waals surface area (Å²) < 4.78 is 6.53. The molecule has 0 spiro atoms. The summed E-state index contributed by atoms with van der Waals surface area (Å²) in [5.41, 5.74) is 2.11. The molecule has 0 unspecified atom stereocenters. The molecule has 1 N–H and O–H groups in total. The van der Waals surface area contributed by atoms with Gasteiger partial charge in [-0.1, -0.05) is 39.4 Å². The number of benzene rings is 2. The van der Waals surface area contributed by atoms with Gasteiger partial charge in [0.05, 0.1) is 11.6 Å². The number of anilines is 1. The summed E-state index contributed by atoms with van der Waals surface area (Å²) in [5, 5.41) is 20.3. The Morgan fingerprint density at radius 2 is 2.03 bits per heavy atom. The molecule has 2 atom stereocenters. The number of ketones is 1. The first-order valence-corrected chi connectivity index (χ1v) is 11.6. The van der Waals surface area contributed by atoms with E-state index in [9.17, 15) is 14.7 Å². The quantitative estimate of drug-likeness (QED) is 0.314. The van der Waals surface area contributed by atoms with Gasteiger partial charge >= 0.3 is 5.91 Å². The van der Waals surface area contributed by atoms with Crippen LogP contribution in [0.15, 0.2) is 52.5 Å². The van der Waals surface area contributed by atoms with E-state index < -0.39 is 17.7 Å². The Hall–Kier alpha value is -3.04. The zero-order valence-electron chi connectivity index (χ0n) is 17.2. The molecule has 0 saturated carbocycles. The molecule has 9 heteroatoms. The monoisotopic (exact) mass is 511 g/mol. The van der Waals surface area contributed by atoms with Crippen LogP contribution in [0.25, 0.3) is 5.76 Å². The second-order valence-corrected chi connectivity index (χ2v) is 9.86. The molecule has 32 heavy (non-hydrogen) atoms. The maximum Gasteiger partial charge on any atom is 0.301 e. The van der Waals surface area contributed by atoms with Crippen LogP contribution in [0.4, 0.5) is 5.13 Å². The molecular weight excluding hydrogens is 494 g/mol. The Labute approximate surface area is 196 Å². The van der Waals surface area contributed by atoms with Crippen LogP contribution in [0.2, 0.25) is 0 Å². The second-order valence-electron chi connectivity index (χ2n) is 7.78. The molecule has 0 radical (unpaired) electrons. The van der Waals surface area contributed by atoms with Crippen LogP contribution in [0.3, 0.4) is 0 Å². The first kappa shape index (κ1) is 20.8. The number of nitrogens with zero attached hydrogens (tertiary/aromatic N) is 3. The molecular formula is C23H18BrN3O4S. The van der Waals surface area contributed by atoms with Gasteiger partial charge in [0.25, 0.3) is 5.78 Å². The highest BCUT2D eigenvalue weighted by atomic mass is 79.9. The molecule has 5 rings (SSSR count). The van der Waals surface area contributed by atoms with Crippen molar-refractivity contribution in [2.75, 3.05) is 4.90 Å². The van der Waals surface area contributed by atoms with Crippen LogP contribution in [0, 0.1) is 6.92 Å². The summed E-state index contributed by atoms with van der Waals surface area (Å²) in [6.45, 7) is 3.75. The first-order chi connectivity index (χ1) is 15.3. The number of aryl methyl sites for hydroxylation is 1. The number of hydrogen-bond donors (Lipinski definition) is 1. The lowest BCUT2D eigenvalue weighted by atomic mass is 9.94. The van der Waals surface area contributed by atoms with Gasteiger partial charge in [0.15, 0.2) is 0 Å². The van der Waals surface area contributed by atoms with Gasteiger partial charge in [-0.15, -0.1) is 10.2 Å². The van der Waals surface area contributed by atoms with Crippen molar-refractivity contribution in [3.63, 3.8) is 0 Å². The highest BCUT2D eigenvalue weighted by molar-refractivity contribution is 9.10. The number of hydrogen-bond acceptors (Lipinski definition) is 7. The van der Waals surface area contributed by atoms with E-state index in [0.29, 0.717) is 27.7 Å². The highest BCUT2D eigenvalue weighted by Crippen LogP contribution is 2.44. The third-order valence-electron chi connectivity index (χ3n) is 5.50. The number of ether oxygens (including phenoxy) is 1. The number of carbonyl (C=O) groups excluding carboxylic acids is 2. The Balaban J connectivity index is 1.69. The minimum atomic E-state index is -0.830. The first-order valence-electron chi connectivity index (χ1n) is 10.00. The molecule has 1 saturated heterocycles. The average Bonchev–Trinajstić information content (AvgIpc) is 3.42. The predicted molar refractivity (Wildman–Crippen MR) is 124 cm³/mol. The number of aliphatic hydroxyl groups is 1. The van der Waals surface area contributed by atoms with E-state index in [1.54, 1.807) is 19.1 Å². The number of carbonyl (C=O) groups is 2. The van der Waals surface area contributed by atoms with E-state index >= 15 is 0 Å². The van der Waals surface area contributed by atoms with E-state index in [-0.39, 0.29) is 17.4 Å². The molecule has 1 aromatic heterocycles. The lowest BCUT2D eigenvalue weighted by molar-refractivity contribution is -0.132. The van der Waals surface area contributed by atoms with Gasteiger partial charge in [-0.05, 0) is 55.3 Å². The van der Waals surface area contributed by atoms with Crippen LogP contribution >= 0.6 is 27.3 Å². The summed E-state index contributed by atoms with van der Waals surface area (Å²) in [6.07, 6.45) is 0.763. The minimum Gasteiger partial charge on any atom is -0.507 e. The van der Waals surface area contributed by atoms with Crippen molar-refractivity contribution in [2.24, 2.45) is 0 Å². The maximum absolute atomic E-state index is 13.2. The van der Waals surface area contributed by atoms with Gasteiger partial charge in [-0.2, -0.15) is 0 Å². The molecule has 1 amide bonds. The minimum absolute atomic E-state index is 0.0212. The molecule has 3 aromatic rings. The van der Waals surface area contributed by atoms with Crippen molar-refractivity contribution < 1.29 is 19.4 Å². The van der Waals surface area contributed by atoms with E-state index in [0.717, 1.165) is 15.8 Å². The molecule has 162 valence electrons. The van der Waals surface area contributed by atoms with E-state index in [1.807, 2.05) is 37.3 Å². The van der Waals surface area contributed by atoms with E-state index in [4.69, 9.17) is 4.74 Å². The molecule has 2 aliphatic heterocycles. The van der Waals surface area contributed by atoms with E-state index in [2.05, 4.69) is 26.1 Å². The zero-order valence-corrected chi connectivity index (χ0v) is 19.6. The Kier molecular flexibility index (Phi) is 5.10. The van der Waals surface area contributed by atoms with Crippen LogP contribution in [0.5, 0.6) is 5.75 Å². The zero-order chi connectivity index (χ0) is 22.6. The standard InChI is InChI=1S/C23H18BrN3O4S/c1-11-8-15-9-14(6-7-17(15)31-11)20(28)18-19(13-4-3-5-16(24)10-13)27(22(30)21(18)29)23-26-25-12(2)32-23/h3-7,9-11,19,28H,8H2,1-2H3/t11-,19-/m1/s1. The number of fused-ring (bicyclic) bond motifs is 1. The Morgan fingerprint density at radius 1 is 1.22 bits per heavy atom. The third kappa shape index (κ3) is 3.41. The molecule has 0 aliphatic carbocycles. The molecule has 2 aromatic carbocycles. The molecule has 0 bridgehead atoms. The van der Waals surface area contributed by atoms with Crippen LogP contribution < -0.4 is 9.64 Å². The van der Waals surface area contributed by atoms with Crippen molar-refractivity contribution in [3.8, 4) is 5.75 Å². The summed E-state index contributed by atoms with van der Waals surface area (Å²) in [7, 11) is 0. The number of rotatable bonds is 3. The van der Waals surface area contributed by atoms with Crippen molar-refractivity contribution >= 4 is 49.8 Å². The number of halogens is 1. The van der Waals surface area contributed by atoms with Gasteiger partial charge in [0, 0.05) is 16.5 Å². The van der Waals surface area contributed by atoms with Crippen molar-refractivity contribution in [3.05, 3.63) is 74.2 Å². The van der Waals surface area contributed by atoms with Gasteiger partial charge in [-0.25, -0.2) is 0 Å². The Morgan fingerprint density at radius 3 is 2.75 bits per heavy atom. The van der Waals surface area contributed by atoms with Gasteiger partial charge < -0.3 is 9.84 Å². The van der Waals surface area contributed by atoms with E-state index in [1.165, 1.54) is 16.2 Å². The van der Waals surface area contributed by atoms with Crippen molar-refractivity contribution in [1.82, 2.24) is 10.2 Å². The number of Topliss-reactive ketones (excluding diaryl/α,β-unsaturated/α-hetero) is 1. The number of aromatic nitrogens is 2. The maximum atomic E-state index is 13.2. The predicted octanol–water partition coefficient (Wildman–Crippen LogP) is 4.56. The SMILES string of the molecule is Cc1nnc(N2C(=O)C(=O)C(=C(O)c3ccc4c(c3)C[C@@H](C)O4)[C@H]2c2cccc(Br)c2)s1. The second kappa shape index (κ2) is 7.83. The van der Waals surface area contributed by atoms with Gasteiger partial charge in [0.1, 0.15) is 22.6 Å². The average molecular weight is 512 g/mol. The highest BCUT2D eigenvalue weighted by Gasteiger charge is 2.48. The van der Waals surface area contributed by atoms with Crippen molar-refractivity contribution in [1.29, 1.82) is 0 Å².